The van der Waals surface area contributed by atoms with Crippen LogP contribution in [0.5, 0.6) is 0 Å². The van der Waals surface area contributed by atoms with E-state index in [4.69, 9.17) is 5.11 Å². The minimum Gasteiger partial charge on any atom is -0.481 e. The van der Waals surface area contributed by atoms with Gasteiger partial charge in [-0.3, -0.25) is 9.36 Å². The molecular formula is C19H16N4O2S3. The summed E-state index contributed by atoms with van der Waals surface area (Å²) in [7, 11) is 0. The first-order valence-corrected chi connectivity index (χ1v) is 11.1. The van der Waals surface area contributed by atoms with Crippen LogP contribution < -0.4 is 0 Å². The number of aryl methyl sites for hydroxylation is 1. The molecule has 0 aliphatic carbocycles. The van der Waals surface area contributed by atoms with E-state index >= 15 is 0 Å². The summed E-state index contributed by atoms with van der Waals surface area (Å²) in [6.07, 6.45) is 0.811. The lowest BCUT2D eigenvalue weighted by molar-refractivity contribution is -0.136. The van der Waals surface area contributed by atoms with Gasteiger partial charge in [-0.05, 0) is 41.3 Å². The molecule has 0 saturated heterocycles. The molecule has 142 valence electrons. The fourth-order valence-electron chi connectivity index (χ4n) is 2.80. The van der Waals surface area contributed by atoms with Crippen LogP contribution >= 0.6 is 34.4 Å². The van der Waals surface area contributed by atoms with E-state index in [1.807, 2.05) is 29.6 Å². The normalized spacial score (nSPS) is 11.0. The highest BCUT2D eigenvalue weighted by molar-refractivity contribution is 8.00. The van der Waals surface area contributed by atoms with Crippen LogP contribution in [0.3, 0.4) is 0 Å². The molecule has 0 spiro atoms. The molecule has 0 aliphatic heterocycles. The molecule has 0 amide bonds. The minimum atomic E-state index is -0.887. The number of para-hydroxylation sites is 1. The van der Waals surface area contributed by atoms with Gasteiger partial charge in [0.15, 0.2) is 10.2 Å². The third kappa shape index (κ3) is 3.87. The molecule has 1 aromatic carbocycles. The number of aliphatic carboxylic acids is 1. The van der Waals surface area contributed by atoms with Crippen LogP contribution in [-0.4, -0.2) is 30.8 Å². The van der Waals surface area contributed by atoms with Gasteiger partial charge in [0.05, 0.1) is 22.7 Å². The molecule has 0 bridgehead atoms. The topological polar surface area (TPSA) is 80.9 Å². The van der Waals surface area contributed by atoms with Crippen molar-refractivity contribution in [3.8, 4) is 16.4 Å². The van der Waals surface area contributed by atoms with Gasteiger partial charge in [-0.1, -0.05) is 31.2 Å². The average Bonchev–Trinajstić information content (AvgIpc) is 3.42. The number of hydrogen-bond acceptors (Lipinski definition) is 7. The Kier molecular flexibility index (Phi) is 5.56. The number of carboxylic acids is 1. The summed E-state index contributed by atoms with van der Waals surface area (Å²) in [6.45, 7) is 2.12. The van der Waals surface area contributed by atoms with E-state index in [-0.39, 0.29) is 6.42 Å². The third-order valence-electron chi connectivity index (χ3n) is 4.03. The van der Waals surface area contributed by atoms with Gasteiger partial charge in [-0.2, -0.15) is 0 Å². The van der Waals surface area contributed by atoms with E-state index in [0.29, 0.717) is 10.9 Å². The van der Waals surface area contributed by atoms with Gasteiger partial charge in [0, 0.05) is 5.38 Å². The van der Waals surface area contributed by atoms with Gasteiger partial charge in [0.1, 0.15) is 0 Å². The van der Waals surface area contributed by atoms with Crippen LogP contribution in [0.1, 0.15) is 18.2 Å². The molecule has 0 atom stereocenters. The van der Waals surface area contributed by atoms with Crippen LogP contribution in [0.4, 0.5) is 0 Å². The summed E-state index contributed by atoms with van der Waals surface area (Å²) in [4.78, 5) is 16.4. The molecule has 0 unspecified atom stereocenters. The van der Waals surface area contributed by atoms with Gasteiger partial charge in [0.25, 0.3) is 0 Å². The summed E-state index contributed by atoms with van der Waals surface area (Å²) >= 11 is 4.44. The van der Waals surface area contributed by atoms with Crippen molar-refractivity contribution in [1.82, 2.24) is 19.7 Å². The maximum Gasteiger partial charge on any atom is 0.309 e. The van der Waals surface area contributed by atoms with E-state index in [2.05, 4.69) is 38.8 Å². The Morgan fingerprint density at radius 2 is 2.04 bits per heavy atom. The van der Waals surface area contributed by atoms with Gasteiger partial charge in [-0.15, -0.1) is 32.9 Å². The molecule has 9 heteroatoms. The van der Waals surface area contributed by atoms with Gasteiger partial charge >= 0.3 is 5.97 Å². The first-order chi connectivity index (χ1) is 13.7. The SMILES string of the molecule is CCc1ccccc1-n1c(Sc2nc(CC(=O)O)cs2)nnc1-c1cccs1. The number of carbonyl (C=O) groups is 1. The average molecular weight is 429 g/mol. The van der Waals surface area contributed by atoms with Crippen LogP contribution in [0.2, 0.25) is 0 Å². The number of carboxylic acid groups (broad SMARTS) is 1. The zero-order chi connectivity index (χ0) is 19.5. The molecule has 0 aliphatic rings. The van der Waals surface area contributed by atoms with Crippen molar-refractivity contribution in [1.29, 1.82) is 0 Å². The van der Waals surface area contributed by atoms with E-state index < -0.39 is 5.97 Å². The molecule has 3 heterocycles. The van der Waals surface area contributed by atoms with Crippen molar-refractivity contribution in [3.63, 3.8) is 0 Å². The van der Waals surface area contributed by atoms with E-state index in [1.165, 1.54) is 28.7 Å². The first kappa shape index (κ1) is 18.9. The standard InChI is InChI=1S/C19H16N4O2S3/c1-2-12-6-3-4-7-14(12)23-17(15-8-5-9-26-15)21-22-18(23)28-19-20-13(11-27-19)10-16(24)25/h3-9,11H,2,10H2,1H3,(H,24,25). The largest absolute Gasteiger partial charge is 0.481 e. The van der Waals surface area contributed by atoms with Crippen molar-refractivity contribution in [2.75, 3.05) is 0 Å². The zero-order valence-electron chi connectivity index (χ0n) is 14.9. The van der Waals surface area contributed by atoms with E-state index in [1.54, 1.807) is 16.7 Å². The smallest absolute Gasteiger partial charge is 0.309 e. The number of nitrogens with zero attached hydrogens (tertiary/aromatic N) is 4. The van der Waals surface area contributed by atoms with Crippen molar-refractivity contribution >= 4 is 40.4 Å². The second-order valence-electron chi connectivity index (χ2n) is 5.88. The molecule has 3 aromatic heterocycles. The summed E-state index contributed by atoms with van der Waals surface area (Å²) in [6, 6.07) is 12.2. The number of thiophene rings is 1. The summed E-state index contributed by atoms with van der Waals surface area (Å²) in [5.41, 5.74) is 2.80. The lowest BCUT2D eigenvalue weighted by Gasteiger charge is -2.12. The Labute approximate surface area is 173 Å². The van der Waals surface area contributed by atoms with Crippen molar-refractivity contribution in [2.24, 2.45) is 0 Å². The molecular weight excluding hydrogens is 412 g/mol. The van der Waals surface area contributed by atoms with Gasteiger partial charge in [-0.25, -0.2) is 4.98 Å². The number of thiazole rings is 1. The molecule has 1 N–H and O–H groups in total. The minimum absolute atomic E-state index is 0.0805. The van der Waals surface area contributed by atoms with Crippen LogP contribution in [0.15, 0.2) is 56.7 Å². The van der Waals surface area contributed by atoms with Crippen LogP contribution in [0.25, 0.3) is 16.4 Å². The number of rotatable bonds is 7. The third-order valence-corrected chi connectivity index (χ3v) is 6.83. The van der Waals surface area contributed by atoms with Crippen molar-refractivity contribution in [3.05, 3.63) is 58.4 Å². The second kappa shape index (κ2) is 8.26. The molecule has 4 aromatic rings. The summed E-state index contributed by atoms with van der Waals surface area (Å²) in [5.74, 6) is -0.0948. The predicted octanol–water partition coefficient (Wildman–Crippen LogP) is 4.79. The van der Waals surface area contributed by atoms with E-state index in [0.717, 1.165) is 27.1 Å². The molecule has 28 heavy (non-hydrogen) atoms. The maximum absolute atomic E-state index is 10.9. The highest BCUT2D eigenvalue weighted by Gasteiger charge is 2.20. The Hall–Kier alpha value is -2.49. The lowest BCUT2D eigenvalue weighted by Crippen LogP contribution is -2.02. The van der Waals surface area contributed by atoms with Crippen molar-refractivity contribution in [2.45, 2.75) is 29.3 Å². The molecule has 0 saturated carbocycles. The Balaban J connectivity index is 1.78. The van der Waals surface area contributed by atoms with Gasteiger partial charge < -0.3 is 5.11 Å². The molecule has 0 fully saturated rings. The fourth-order valence-corrected chi connectivity index (χ4v) is 5.27. The van der Waals surface area contributed by atoms with Crippen molar-refractivity contribution < 1.29 is 9.90 Å². The van der Waals surface area contributed by atoms with Crippen LogP contribution in [0, 0.1) is 0 Å². The quantitative estimate of drug-likeness (QED) is 0.456. The first-order valence-electron chi connectivity index (χ1n) is 8.57. The lowest BCUT2D eigenvalue weighted by atomic mass is 10.1. The number of hydrogen-bond donors (Lipinski definition) is 1. The Morgan fingerprint density at radius 1 is 1.18 bits per heavy atom. The monoisotopic (exact) mass is 428 g/mol. The summed E-state index contributed by atoms with van der Waals surface area (Å²) < 4.78 is 2.81. The van der Waals surface area contributed by atoms with E-state index in [9.17, 15) is 4.79 Å². The second-order valence-corrected chi connectivity index (χ2v) is 8.90. The predicted molar refractivity (Wildman–Crippen MR) is 112 cm³/mol. The summed E-state index contributed by atoms with van der Waals surface area (Å²) in [5, 5.41) is 22.3. The van der Waals surface area contributed by atoms with Crippen LogP contribution in [-0.2, 0) is 17.6 Å². The maximum atomic E-state index is 10.9. The zero-order valence-corrected chi connectivity index (χ0v) is 17.4. The molecule has 6 nitrogen and oxygen atoms in total. The Morgan fingerprint density at radius 3 is 2.79 bits per heavy atom. The number of benzene rings is 1. The highest BCUT2D eigenvalue weighted by atomic mass is 32.2. The fraction of sp³-hybridized carbons (Fsp3) is 0.158. The Bertz CT molecular complexity index is 1100. The molecule has 0 radical (unpaired) electrons. The molecule has 4 rings (SSSR count). The van der Waals surface area contributed by atoms with Gasteiger partial charge in [0.2, 0.25) is 5.16 Å². The highest BCUT2D eigenvalue weighted by Crippen LogP contribution is 2.35. The number of aromatic nitrogens is 4.